The van der Waals surface area contributed by atoms with Gasteiger partial charge in [-0.15, -0.1) is 53.6 Å². The third-order valence-corrected chi connectivity index (χ3v) is 9.49. The molecule has 0 atom stereocenters. The molecule has 1 radical (unpaired) electrons. The Morgan fingerprint density at radius 2 is 1.40 bits per heavy atom. The quantitative estimate of drug-likeness (QED) is 0.149. The van der Waals surface area contributed by atoms with Crippen molar-refractivity contribution in [1.82, 2.24) is 15.0 Å². The summed E-state index contributed by atoms with van der Waals surface area (Å²) in [5.41, 5.74) is 10.2. The van der Waals surface area contributed by atoms with Crippen LogP contribution in [0.2, 0.25) is 0 Å². The van der Waals surface area contributed by atoms with Crippen molar-refractivity contribution in [2.45, 2.75) is 79.9 Å². The molecule has 4 aromatic heterocycles. The van der Waals surface area contributed by atoms with E-state index in [1.807, 2.05) is 81.6 Å². The number of furan rings is 1. The summed E-state index contributed by atoms with van der Waals surface area (Å²) < 4.78 is 68.2. The molecule has 4 nitrogen and oxygen atoms in total. The van der Waals surface area contributed by atoms with E-state index < -0.39 is 25.5 Å². The van der Waals surface area contributed by atoms with Crippen molar-refractivity contribution in [2.24, 2.45) is 5.41 Å². The van der Waals surface area contributed by atoms with Gasteiger partial charge in [0.05, 0.1) is 5.58 Å². The van der Waals surface area contributed by atoms with E-state index in [2.05, 4.69) is 78.2 Å². The standard InChI is InChI=1S/C29H27N2O.C23H24N.Ir/c1-19-8-15-24-23-6-5-7-25(27(23)32-28(24)31-19)26-18-21(16-17-30-26)10-9-20-11-13-22(14-12-20)29(2,3)4;1-17-5-9-20(10-6-17)22-15-21(13-14-24-22)19-11-7-18(8-12-19)16-23(2,3)4;/h5-6,8,11-18H,9-10H2,1-4H3;5-9,11-15H,16H2,1-4H3;/q2*-1;/i1D3;1D3,16D2;. The van der Waals surface area contributed by atoms with Crippen molar-refractivity contribution in [3.05, 3.63) is 173 Å². The van der Waals surface area contributed by atoms with Crippen LogP contribution in [0.25, 0.3) is 55.7 Å². The Kier molecular flexibility index (Phi) is 9.77. The fourth-order valence-corrected chi connectivity index (χ4v) is 6.56. The molecule has 8 aromatic rings. The van der Waals surface area contributed by atoms with Crippen molar-refractivity contribution in [1.29, 1.82) is 0 Å². The van der Waals surface area contributed by atoms with Crippen LogP contribution < -0.4 is 0 Å². The van der Waals surface area contributed by atoms with Crippen LogP contribution in [0.15, 0.2) is 132 Å². The Morgan fingerprint density at radius 1 is 0.667 bits per heavy atom. The van der Waals surface area contributed by atoms with Crippen molar-refractivity contribution < 1.29 is 35.5 Å². The average Bonchev–Trinajstić information content (AvgIpc) is 3.63. The second kappa shape index (κ2) is 17.5. The number of nitrogens with zero attached hydrogens (tertiary/aromatic N) is 3. The Labute approximate surface area is 363 Å². The zero-order chi connectivity index (χ0) is 46.2. The maximum Gasteiger partial charge on any atom is 0.216 e. The Balaban J connectivity index is 0.000000216. The summed E-state index contributed by atoms with van der Waals surface area (Å²) in [5, 5.41) is 1.64. The first-order valence-corrected chi connectivity index (χ1v) is 18.9. The van der Waals surface area contributed by atoms with Crippen molar-refractivity contribution in [2.75, 3.05) is 0 Å². The predicted octanol–water partition coefficient (Wildman–Crippen LogP) is 13.3. The molecular formula is C52H51IrN3O-2. The first-order chi connectivity index (χ1) is 30.0. The van der Waals surface area contributed by atoms with Gasteiger partial charge in [0.15, 0.2) is 0 Å². The first-order valence-electron chi connectivity index (χ1n) is 22.9. The molecule has 5 heteroatoms. The molecule has 0 bridgehead atoms. The minimum absolute atomic E-state index is 0. The van der Waals surface area contributed by atoms with E-state index in [1.165, 1.54) is 28.8 Å². The molecule has 291 valence electrons. The summed E-state index contributed by atoms with van der Waals surface area (Å²) in [4.78, 5) is 13.2. The fourth-order valence-electron chi connectivity index (χ4n) is 6.56. The second-order valence-electron chi connectivity index (χ2n) is 16.1. The minimum atomic E-state index is -2.29. The van der Waals surface area contributed by atoms with Gasteiger partial charge in [-0.2, -0.15) is 0 Å². The SMILES string of the molecule is [2H]C([2H])([2H])c1c[c-]c(-c2cc(-c3ccc(C([2H])([2H])C(C)(C)C)cc3)ccn2)cc1.[2H]C([2H])([2H])c1ccc2c(n1)oc1c(-c3cc(CCc4ccc(C(C)(C)C)cc4)ccn3)[c-]ccc12.[Ir]. The number of aryl methyl sites for hydroxylation is 4. The number of pyridine rings is 3. The molecule has 0 N–H and O–H groups in total. The van der Waals surface area contributed by atoms with Gasteiger partial charge in [0.25, 0.3) is 0 Å². The summed E-state index contributed by atoms with van der Waals surface area (Å²) in [6.07, 6.45) is 3.92. The Hall–Kier alpha value is -5.22. The molecule has 4 heterocycles. The largest absolute Gasteiger partial charge is 0.486 e. The van der Waals surface area contributed by atoms with Crippen molar-refractivity contribution >= 4 is 22.1 Å². The first kappa shape index (κ1) is 31.8. The van der Waals surface area contributed by atoms with Gasteiger partial charge < -0.3 is 14.4 Å². The Morgan fingerprint density at radius 3 is 2.11 bits per heavy atom. The maximum absolute atomic E-state index is 8.41. The van der Waals surface area contributed by atoms with E-state index in [1.54, 1.807) is 24.4 Å². The topological polar surface area (TPSA) is 51.8 Å². The van der Waals surface area contributed by atoms with Gasteiger partial charge in [-0.1, -0.05) is 126 Å². The summed E-state index contributed by atoms with van der Waals surface area (Å²) >= 11 is 0. The van der Waals surface area contributed by atoms with Gasteiger partial charge in [0.2, 0.25) is 5.71 Å². The van der Waals surface area contributed by atoms with Gasteiger partial charge in [0.1, 0.15) is 0 Å². The molecule has 57 heavy (non-hydrogen) atoms. The van der Waals surface area contributed by atoms with Gasteiger partial charge >= 0.3 is 0 Å². The van der Waals surface area contributed by atoms with Gasteiger partial charge in [-0.25, -0.2) is 4.98 Å². The monoisotopic (exact) mass is 934 g/mol. The van der Waals surface area contributed by atoms with Crippen LogP contribution >= 0.6 is 0 Å². The molecule has 0 aliphatic heterocycles. The van der Waals surface area contributed by atoms with Crippen LogP contribution in [0.1, 0.15) is 86.0 Å². The molecule has 8 rings (SSSR count). The number of benzene rings is 4. The molecule has 0 aliphatic rings. The van der Waals surface area contributed by atoms with E-state index in [0.717, 1.165) is 51.6 Å². The van der Waals surface area contributed by atoms with E-state index in [-0.39, 0.29) is 36.8 Å². The molecule has 0 saturated carbocycles. The fraction of sp³-hybridized carbons (Fsp3) is 0.250. The molecule has 0 spiro atoms. The van der Waals surface area contributed by atoms with Crippen LogP contribution in [0.4, 0.5) is 0 Å². The van der Waals surface area contributed by atoms with Gasteiger partial charge in [-0.3, -0.25) is 0 Å². The summed E-state index contributed by atoms with van der Waals surface area (Å²) in [5.74, 6) is 0. The number of rotatable bonds is 7. The Bertz CT molecular complexity index is 2890. The summed E-state index contributed by atoms with van der Waals surface area (Å²) in [7, 11) is 0. The van der Waals surface area contributed by atoms with E-state index in [9.17, 15) is 0 Å². The minimum Gasteiger partial charge on any atom is -0.486 e. The van der Waals surface area contributed by atoms with Gasteiger partial charge in [0, 0.05) is 54.5 Å². The number of hydrogen-bond acceptors (Lipinski definition) is 4. The zero-order valence-electron chi connectivity index (χ0n) is 41.1. The van der Waals surface area contributed by atoms with E-state index >= 15 is 0 Å². The van der Waals surface area contributed by atoms with Gasteiger partial charge in [-0.05, 0) is 100 Å². The molecule has 0 unspecified atom stereocenters. The summed E-state index contributed by atoms with van der Waals surface area (Å²) in [6, 6.07) is 42.4. The molecule has 4 aromatic carbocycles. The molecule has 0 saturated heterocycles. The van der Waals surface area contributed by atoms with Crippen LogP contribution in [0.5, 0.6) is 0 Å². The smallest absolute Gasteiger partial charge is 0.216 e. The van der Waals surface area contributed by atoms with Crippen LogP contribution in [-0.4, -0.2) is 15.0 Å². The van der Waals surface area contributed by atoms with Crippen LogP contribution in [-0.2, 0) is 44.7 Å². The van der Waals surface area contributed by atoms with Crippen LogP contribution in [0, 0.1) is 31.3 Å². The summed E-state index contributed by atoms with van der Waals surface area (Å²) in [6.45, 7) is 7.92. The normalized spacial score (nSPS) is 14.4. The number of aromatic nitrogens is 3. The van der Waals surface area contributed by atoms with Crippen molar-refractivity contribution in [3.8, 4) is 33.6 Å². The maximum atomic E-state index is 8.41. The zero-order valence-corrected chi connectivity index (χ0v) is 35.5. The van der Waals surface area contributed by atoms with E-state index in [0.29, 0.717) is 22.6 Å². The van der Waals surface area contributed by atoms with Crippen molar-refractivity contribution in [3.63, 3.8) is 0 Å². The predicted molar refractivity (Wildman–Crippen MR) is 233 cm³/mol. The number of fused-ring (bicyclic) bond motifs is 3. The average molecular weight is 934 g/mol. The molecular weight excluding hydrogens is 875 g/mol. The number of hydrogen-bond donors (Lipinski definition) is 0. The third kappa shape index (κ3) is 10.4. The van der Waals surface area contributed by atoms with E-state index in [4.69, 9.17) is 15.4 Å². The second-order valence-corrected chi connectivity index (χ2v) is 16.1. The molecule has 0 amide bonds. The molecule has 0 fully saturated rings. The molecule has 0 aliphatic carbocycles. The third-order valence-electron chi connectivity index (χ3n) is 9.49. The van der Waals surface area contributed by atoms with Crippen LogP contribution in [0.3, 0.4) is 0 Å².